The molecule has 150 valence electrons. The van der Waals surface area contributed by atoms with Gasteiger partial charge in [0.25, 0.3) is 0 Å². The normalized spacial score (nSPS) is 46.9. The Morgan fingerprint density at radius 3 is 2.75 bits per heavy atom. The van der Waals surface area contributed by atoms with Gasteiger partial charge in [-0.15, -0.1) is 0 Å². The fourth-order valence-corrected chi connectivity index (χ4v) is 7.11. The summed E-state index contributed by atoms with van der Waals surface area (Å²) in [5, 5.41) is 0. The molecule has 4 aliphatic rings. The smallest absolute Gasteiger partial charge is 0.330 e. The Kier molecular flexibility index (Phi) is 4.08. The Labute approximate surface area is 166 Å². The van der Waals surface area contributed by atoms with Gasteiger partial charge in [-0.2, -0.15) is 0 Å². The summed E-state index contributed by atoms with van der Waals surface area (Å²) in [6.45, 7) is 7.14. The number of esters is 1. The van der Waals surface area contributed by atoms with Crippen LogP contribution in [0.3, 0.4) is 0 Å². The first-order chi connectivity index (χ1) is 13.4. The maximum absolute atomic E-state index is 11.8. The third-order valence-corrected chi connectivity index (χ3v) is 8.45. The van der Waals surface area contributed by atoms with E-state index < -0.39 is 0 Å². The van der Waals surface area contributed by atoms with Crippen molar-refractivity contribution in [1.82, 2.24) is 9.97 Å². The van der Waals surface area contributed by atoms with Crippen molar-refractivity contribution >= 4 is 5.97 Å². The molecule has 0 radical (unpaired) electrons. The third kappa shape index (κ3) is 2.69. The van der Waals surface area contributed by atoms with Gasteiger partial charge >= 0.3 is 12.0 Å². The summed E-state index contributed by atoms with van der Waals surface area (Å²) in [7, 11) is 0. The van der Waals surface area contributed by atoms with Crippen molar-refractivity contribution in [3.8, 4) is 6.01 Å². The van der Waals surface area contributed by atoms with Gasteiger partial charge in [0.1, 0.15) is 12.2 Å². The second kappa shape index (κ2) is 6.30. The summed E-state index contributed by atoms with van der Waals surface area (Å²) in [4.78, 5) is 20.4. The van der Waals surface area contributed by atoms with Crippen LogP contribution in [-0.4, -0.2) is 28.1 Å². The second-order valence-electron chi connectivity index (χ2n) is 10.0. The fourth-order valence-electron chi connectivity index (χ4n) is 7.11. The number of hydrogen-bond donors (Lipinski definition) is 0. The zero-order valence-corrected chi connectivity index (χ0v) is 17.0. The fraction of sp³-hybridized carbons (Fsp3) is 0.696. The number of hydrogen-bond acceptors (Lipinski definition) is 5. The molecule has 0 bridgehead atoms. The highest BCUT2D eigenvalue weighted by Crippen LogP contribution is 2.65. The first-order valence-electron chi connectivity index (χ1n) is 10.7. The van der Waals surface area contributed by atoms with Crippen molar-refractivity contribution in [1.29, 1.82) is 0 Å². The summed E-state index contributed by atoms with van der Waals surface area (Å²) in [5.74, 6) is 2.23. The van der Waals surface area contributed by atoms with Crippen LogP contribution >= 0.6 is 0 Å². The maximum Gasteiger partial charge on any atom is 0.330 e. The lowest BCUT2D eigenvalue weighted by atomic mass is 9.47. The average molecular weight is 383 g/mol. The lowest BCUT2D eigenvalue weighted by Gasteiger charge is -2.59. The van der Waals surface area contributed by atoms with Crippen LogP contribution in [-0.2, 0) is 9.53 Å². The summed E-state index contributed by atoms with van der Waals surface area (Å²) in [5.41, 5.74) is 0.279. The monoisotopic (exact) mass is 382 g/mol. The Hall–Kier alpha value is -1.91. The zero-order chi connectivity index (χ0) is 19.5. The van der Waals surface area contributed by atoms with Crippen LogP contribution in [0.2, 0.25) is 0 Å². The Morgan fingerprint density at radius 1 is 1.18 bits per heavy atom. The van der Waals surface area contributed by atoms with Crippen molar-refractivity contribution in [3.05, 3.63) is 30.6 Å². The van der Waals surface area contributed by atoms with E-state index in [9.17, 15) is 4.79 Å². The van der Waals surface area contributed by atoms with Crippen molar-refractivity contribution in [2.45, 2.75) is 65.1 Å². The number of carbonyl (C=O) groups is 1. The zero-order valence-electron chi connectivity index (χ0n) is 17.0. The maximum atomic E-state index is 11.8. The van der Waals surface area contributed by atoms with Crippen LogP contribution in [0.4, 0.5) is 0 Å². The molecule has 1 aromatic rings. The van der Waals surface area contributed by atoms with Gasteiger partial charge in [0.2, 0.25) is 0 Å². The molecule has 3 aliphatic carbocycles. The van der Waals surface area contributed by atoms with Crippen LogP contribution in [0.25, 0.3) is 0 Å². The lowest BCUT2D eigenvalue weighted by molar-refractivity contribution is -0.173. The molecule has 0 saturated heterocycles. The number of rotatable bonds is 2. The third-order valence-electron chi connectivity index (χ3n) is 8.45. The van der Waals surface area contributed by atoms with Gasteiger partial charge in [-0.1, -0.05) is 26.8 Å². The standard InChI is InChI=1S/C23H30N2O3/c1-14-11-18-23(3,8-6-19(26)28-18)16-5-7-22(2)13-15(12-17(22)20(14)16)27-21-24-9-4-10-25-21/h4,6,8-10,14-18,20H,5,7,11-13H2,1-3H3/t14-,15-,16-,17-,18+,20+,22+,23+/m0/s1. The van der Waals surface area contributed by atoms with Crippen molar-refractivity contribution < 1.29 is 14.3 Å². The highest BCUT2D eigenvalue weighted by Gasteiger charge is 2.61. The topological polar surface area (TPSA) is 61.3 Å². The van der Waals surface area contributed by atoms with Crippen molar-refractivity contribution in [2.24, 2.45) is 34.5 Å². The Bertz CT molecular complexity index is 796. The van der Waals surface area contributed by atoms with Gasteiger partial charge in [0.15, 0.2) is 0 Å². The lowest BCUT2D eigenvalue weighted by Crippen LogP contribution is -2.57. The SMILES string of the molecule is C[C@H]1C[C@H]2OC(=O)C=C[C@]2(C)[C@H]2CC[C@]3(C)C[C@@H](Oc4ncccn4)C[C@H]3[C@H]12. The molecule has 1 aromatic heterocycles. The van der Waals surface area contributed by atoms with E-state index in [2.05, 4.69) is 36.8 Å². The molecule has 28 heavy (non-hydrogen) atoms. The van der Waals surface area contributed by atoms with E-state index in [0.717, 1.165) is 19.3 Å². The van der Waals surface area contributed by atoms with E-state index in [1.807, 2.05) is 6.07 Å². The predicted octanol–water partition coefficient (Wildman–Crippen LogP) is 4.19. The number of ether oxygens (including phenoxy) is 2. The second-order valence-corrected chi connectivity index (χ2v) is 10.0. The van der Waals surface area contributed by atoms with E-state index in [0.29, 0.717) is 35.1 Å². The summed E-state index contributed by atoms with van der Waals surface area (Å²) in [6.07, 6.45) is 13.0. The first kappa shape index (κ1) is 18.1. The van der Waals surface area contributed by atoms with Crippen LogP contribution in [0.15, 0.2) is 30.6 Å². The molecule has 2 heterocycles. The quantitative estimate of drug-likeness (QED) is 0.718. The van der Waals surface area contributed by atoms with Crippen LogP contribution in [0, 0.1) is 34.5 Å². The highest BCUT2D eigenvalue weighted by molar-refractivity contribution is 5.83. The van der Waals surface area contributed by atoms with Crippen molar-refractivity contribution in [3.63, 3.8) is 0 Å². The van der Waals surface area contributed by atoms with E-state index in [-0.39, 0.29) is 23.6 Å². The first-order valence-corrected chi connectivity index (χ1v) is 10.7. The molecule has 0 amide bonds. The Morgan fingerprint density at radius 2 is 1.96 bits per heavy atom. The summed E-state index contributed by atoms with van der Waals surface area (Å²) in [6, 6.07) is 2.32. The molecule has 3 saturated carbocycles. The van der Waals surface area contributed by atoms with Crippen LogP contribution < -0.4 is 4.74 Å². The minimum atomic E-state index is -0.175. The molecular formula is C23H30N2O3. The molecule has 5 nitrogen and oxygen atoms in total. The van der Waals surface area contributed by atoms with Gasteiger partial charge in [-0.05, 0) is 67.3 Å². The van der Waals surface area contributed by atoms with Gasteiger partial charge in [0.05, 0.1) is 0 Å². The van der Waals surface area contributed by atoms with Crippen LogP contribution in [0.5, 0.6) is 6.01 Å². The molecule has 1 aliphatic heterocycles. The van der Waals surface area contributed by atoms with E-state index in [4.69, 9.17) is 9.47 Å². The number of nitrogens with zero attached hydrogens (tertiary/aromatic N) is 2. The number of fused-ring (bicyclic) bond motifs is 5. The van der Waals surface area contributed by atoms with E-state index in [1.54, 1.807) is 18.5 Å². The molecule has 5 rings (SSSR count). The number of aromatic nitrogens is 2. The minimum absolute atomic E-state index is 0.0248. The molecule has 8 atom stereocenters. The highest BCUT2D eigenvalue weighted by atomic mass is 16.5. The average Bonchev–Trinajstić information content (AvgIpc) is 3.00. The molecule has 0 spiro atoms. The predicted molar refractivity (Wildman–Crippen MR) is 104 cm³/mol. The molecule has 0 unspecified atom stereocenters. The van der Waals surface area contributed by atoms with Gasteiger partial charge in [0, 0.05) is 23.9 Å². The number of carbonyl (C=O) groups excluding carboxylic acids is 1. The van der Waals surface area contributed by atoms with Gasteiger partial charge in [-0.3, -0.25) is 0 Å². The Balaban J connectivity index is 1.42. The summed E-state index contributed by atoms with van der Waals surface area (Å²) < 4.78 is 12.0. The van der Waals surface area contributed by atoms with Gasteiger partial charge < -0.3 is 9.47 Å². The molecule has 0 aromatic carbocycles. The minimum Gasteiger partial charge on any atom is -0.460 e. The van der Waals surface area contributed by atoms with Crippen molar-refractivity contribution in [2.75, 3.05) is 0 Å². The summed E-state index contributed by atoms with van der Waals surface area (Å²) >= 11 is 0. The molecule has 0 N–H and O–H groups in total. The molecule has 5 heteroatoms. The largest absolute Gasteiger partial charge is 0.460 e. The van der Waals surface area contributed by atoms with Crippen LogP contribution in [0.1, 0.15) is 52.9 Å². The van der Waals surface area contributed by atoms with E-state index in [1.165, 1.54) is 12.8 Å². The molecule has 3 fully saturated rings. The van der Waals surface area contributed by atoms with E-state index >= 15 is 0 Å². The molecular weight excluding hydrogens is 352 g/mol. The van der Waals surface area contributed by atoms with Gasteiger partial charge in [-0.25, -0.2) is 14.8 Å².